The first-order valence-corrected chi connectivity index (χ1v) is 20.4. The third-order valence-corrected chi connectivity index (χ3v) is 9.35. The van der Waals surface area contributed by atoms with Gasteiger partial charge in [0, 0.05) is 6.42 Å². The van der Waals surface area contributed by atoms with Gasteiger partial charge in [0.15, 0.2) is 6.29 Å². The summed E-state index contributed by atoms with van der Waals surface area (Å²) in [6.45, 7) is 3.69. The molecule has 1 rings (SSSR count). The van der Waals surface area contributed by atoms with Crippen LogP contribution in [-0.2, 0) is 14.3 Å². The maximum atomic E-state index is 12.9. The molecule has 0 radical (unpaired) electrons. The molecule has 1 heterocycles. The highest BCUT2D eigenvalue weighted by Gasteiger charge is 2.44. The van der Waals surface area contributed by atoms with E-state index in [0.29, 0.717) is 6.42 Å². The number of ether oxygens (including phenoxy) is 2. The van der Waals surface area contributed by atoms with Crippen LogP contribution in [-0.4, -0.2) is 87.5 Å². The lowest BCUT2D eigenvalue weighted by Gasteiger charge is -2.40. The summed E-state index contributed by atoms with van der Waals surface area (Å²) in [5.74, 6) is -0.211. The fourth-order valence-electron chi connectivity index (χ4n) is 6.00. The van der Waals surface area contributed by atoms with Crippen LogP contribution in [0.15, 0.2) is 48.6 Å². The van der Waals surface area contributed by atoms with E-state index in [-0.39, 0.29) is 12.5 Å². The molecule has 0 saturated carbocycles. The molecule has 0 aromatic rings. The first kappa shape index (κ1) is 47.2. The topological polar surface area (TPSA) is 149 Å². The zero-order chi connectivity index (χ0) is 37.4. The third-order valence-electron chi connectivity index (χ3n) is 9.35. The smallest absolute Gasteiger partial charge is 0.220 e. The molecule has 51 heavy (non-hydrogen) atoms. The molecule has 9 nitrogen and oxygen atoms in total. The van der Waals surface area contributed by atoms with Gasteiger partial charge >= 0.3 is 0 Å². The number of hydrogen-bond acceptors (Lipinski definition) is 8. The van der Waals surface area contributed by atoms with Crippen molar-refractivity contribution in [3.05, 3.63) is 48.6 Å². The molecular weight excluding hydrogens is 646 g/mol. The summed E-state index contributed by atoms with van der Waals surface area (Å²) < 4.78 is 11.1. The fourth-order valence-corrected chi connectivity index (χ4v) is 6.00. The van der Waals surface area contributed by atoms with Crippen LogP contribution in [0.25, 0.3) is 0 Å². The van der Waals surface area contributed by atoms with Crippen molar-refractivity contribution < 1.29 is 39.8 Å². The van der Waals surface area contributed by atoms with Crippen LogP contribution in [0.5, 0.6) is 0 Å². The minimum absolute atomic E-state index is 0.211. The van der Waals surface area contributed by atoms with Crippen molar-refractivity contribution in [1.82, 2.24) is 5.32 Å². The molecule has 0 spiro atoms. The molecule has 0 bridgehead atoms. The average molecular weight is 722 g/mol. The monoisotopic (exact) mass is 722 g/mol. The first-order valence-electron chi connectivity index (χ1n) is 20.4. The maximum absolute atomic E-state index is 12.9. The van der Waals surface area contributed by atoms with Crippen molar-refractivity contribution in [2.45, 2.75) is 198 Å². The number of unbranched alkanes of at least 4 members (excludes halogenated alkanes) is 16. The van der Waals surface area contributed by atoms with E-state index in [0.717, 1.165) is 64.2 Å². The van der Waals surface area contributed by atoms with Gasteiger partial charge in [-0.05, 0) is 70.6 Å². The van der Waals surface area contributed by atoms with E-state index >= 15 is 0 Å². The molecule has 9 heteroatoms. The summed E-state index contributed by atoms with van der Waals surface area (Å²) in [4.78, 5) is 12.9. The molecule has 296 valence electrons. The second-order valence-electron chi connectivity index (χ2n) is 14.1. The van der Waals surface area contributed by atoms with Gasteiger partial charge in [0.05, 0.1) is 25.4 Å². The van der Waals surface area contributed by atoms with Crippen molar-refractivity contribution in [3.8, 4) is 0 Å². The molecule has 1 saturated heterocycles. The Labute approximate surface area is 310 Å². The van der Waals surface area contributed by atoms with Gasteiger partial charge in [-0.2, -0.15) is 0 Å². The molecule has 0 aromatic carbocycles. The number of carbonyl (C=O) groups excluding carboxylic acids is 1. The van der Waals surface area contributed by atoms with Crippen LogP contribution in [0, 0.1) is 0 Å². The average Bonchev–Trinajstić information content (AvgIpc) is 3.13. The summed E-state index contributed by atoms with van der Waals surface area (Å²) in [6.07, 6.45) is 32.9. The lowest BCUT2D eigenvalue weighted by Crippen LogP contribution is -2.60. The highest BCUT2D eigenvalue weighted by atomic mass is 16.7. The van der Waals surface area contributed by atoms with Crippen LogP contribution in [0.3, 0.4) is 0 Å². The van der Waals surface area contributed by atoms with Gasteiger partial charge in [0.2, 0.25) is 5.91 Å². The van der Waals surface area contributed by atoms with E-state index in [4.69, 9.17) is 9.47 Å². The van der Waals surface area contributed by atoms with Crippen molar-refractivity contribution in [1.29, 1.82) is 0 Å². The van der Waals surface area contributed by atoms with Crippen molar-refractivity contribution in [3.63, 3.8) is 0 Å². The minimum atomic E-state index is -1.58. The van der Waals surface area contributed by atoms with Gasteiger partial charge in [-0.1, -0.05) is 127 Å². The summed E-state index contributed by atoms with van der Waals surface area (Å²) in [6, 6.07) is -0.833. The van der Waals surface area contributed by atoms with Gasteiger partial charge in [0.25, 0.3) is 0 Å². The van der Waals surface area contributed by atoms with E-state index in [2.05, 4.69) is 55.6 Å². The number of aliphatic hydroxyl groups excluding tert-OH is 5. The highest BCUT2D eigenvalue weighted by Crippen LogP contribution is 2.22. The van der Waals surface area contributed by atoms with Crippen LogP contribution < -0.4 is 5.32 Å². The molecule has 0 aromatic heterocycles. The Bertz CT molecular complexity index is 936. The van der Waals surface area contributed by atoms with Gasteiger partial charge in [0.1, 0.15) is 24.4 Å². The quantitative estimate of drug-likeness (QED) is 0.0309. The predicted molar refractivity (Wildman–Crippen MR) is 207 cm³/mol. The van der Waals surface area contributed by atoms with E-state index in [9.17, 15) is 30.3 Å². The number of nitrogens with one attached hydrogen (secondary N) is 1. The summed E-state index contributed by atoms with van der Waals surface area (Å²) in [7, 11) is 0. The van der Waals surface area contributed by atoms with Crippen molar-refractivity contribution >= 4 is 5.91 Å². The molecule has 1 fully saturated rings. The van der Waals surface area contributed by atoms with Crippen molar-refractivity contribution in [2.24, 2.45) is 0 Å². The maximum Gasteiger partial charge on any atom is 0.220 e. The lowest BCUT2D eigenvalue weighted by molar-refractivity contribution is -0.302. The number of rotatable bonds is 32. The fraction of sp³-hybridized carbons (Fsp3) is 0.786. The lowest BCUT2D eigenvalue weighted by atomic mass is 9.99. The molecule has 6 N–H and O–H groups in total. The predicted octanol–water partition coefficient (Wildman–Crippen LogP) is 7.50. The SMILES string of the molecule is CCCCCCC/C=C/CC/C=C/CC/C=C/C(O)C(COC1OC(CO)C(O)C(O)C1O)NC(=O)CCCCC/C=C\CCCCCCCC. The van der Waals surface area contributed by atoms with Crippen LogP contribution in [0.1, 0.15) is 155 Å². The van der Waals surface area contributed by atoms with Crippen molar-refractivity contribution in [2.75, 3.05) is 13.2 Å². The molecule has 1 aliphatic rings. The summed E-state index contributed by atoms with van der Waals surface area (Å²) in [5.41, 5.74) is 0. The van der Waals surface area contributed by atoms with E-state index in [1.54, 1.807) is 6.08 Å². The number of aliphatic hydroxyl groups is 5. The molecule has 7 atom stereocenters. The summed E-state index contributed by atoms with van der Waals surface area (Å²) in [5, 5.41) is 53.9. The molecule has 1 aliphatic heterocycles. The van der Waals surface area contributed by atoms with E-state index in [1.807, 2.05) is 6.08 Å². The van der Waals surface area contributed by atoms with Gasteiger partial charge in [-0.15, -0.1) is 0 Å². The zero-order valence-electron chi connectivity index (χ0n) is 32.1. The van der Waals surface area contributed by atoms with E-state index in [1.165, 1.54) is 70.6 Å². The number of allylic oxidation sites excluding steroid dienone is 7. The molecular formula is C42H75NO8. The summed E-state index contributed by atoms with van der Waals surface area (Å²) >= 11 is 0. The Kier molecular flexibility index (Phi) is 30.3. The van der Waals surface area contributed by atoms with Gasteiger partial charge < -0.3 is 40.3 Å². The second-order valence-corrected chi connectivity index (χ2v) is 14.1. The zero-order valence-corrected chi connectivity index (χ0v) is 32.1. The number of carbonyl (C=O) groups is 1. The van der Waals surface area contributed by atoms with Crippen LogP contribution in [0.2, 0.25) is 0 Å². The Hall–Kier alpha value is -1.85. The van der Waals surface area contributed by atoms with Gasteiger partial charge in [-0.25, -0.2) is 0 Å². The highest BCUT2D eigenvalue weighted by molar-refractivity contribution is 5.76. The Morgan fingerprint density at radius 2 is 1.12 bits per heavy atom. The van der Waals surface area contributed by atoms with Gasteiger partial charge in [-0.3, -0.25) is 4.79 Å². The largest absolute Gasteiger partial charge is 0.394 e. The standard InChI is InChI=1S/C42H75NO8/c1-3-5-7-9-11-13-15-17-18-20-21-23-25-27-29-31-36(45)35(34-50-42-41(49)40(48)39(47)37(33-44)51-42)43-38(46)32-30-28-26-24-22-19-16-14-12-10-8-6-4-2/h15,17,19,21-23,29,31,35-37,39-42,44-45,47-49H,3-14,16,18,20,24-28,30,32-34H2,1-2H3,(H,43,46)/b17-15+,22-19-,23-21+,31-29+. The van der Waals surface area contributed by atoms with Crippen LogP contribution >= 0.6 is 0 Å². The van der Waals surface area contributed by atoms with E-state index < -0.39 is 49.5 Å². The first-order chi connectivity index (χ1) is 24.8. The Balaban J connectivity index is 2.49. The third kappa shape index (κ3) is 24.2. The molecule has 1 amide bonds. The Morgan fingerprint density at radius 1 is 0.647 bits per heavy atom. The normalized spacial score (nSPS) is 22.5. The second kappa shape index (κ2) is 32.8. The number of hydrogen-bond donors (Lipinski definition) is 6. The Morgan fingerprint density at radius 3 is 1.65 bits per heavy atom. The molecule has 0 aliphatic carbocycles. The minimum Gasteiger partial charge on any atom is -0.394 e. The van der Waals surface area contributed by atoms with Crippen LogP contribution in [0.4, 0.5) is 0 Å². The number of amides is 1. The molecule has 7 unspecified atom stereocenters.